The molecule has 35 heavy (non-hydrogen) atoms. The Morgan fingerprint density at radius 2 is 1.74 bits per heavy atom. The third-order valence-corrected chi connectivity index (χ3v) is 6.22. The molecule has 0 spiro atoms. The van der Waals surface area contributed by atoms with Crippen LogP contribution in [0.15, 0.2) is 24.5 Å². The number of piperazine rings is 1. The third kappa shape index (κ3) is 4.96. The molecule has 0 N–H and O–H groups in total. The van der Waals surface area contributed by atoms with Crippen LogP contribution in [0.5, 0.6) is 11.5 Å². The van der Waals surface area contributed by atoms with E-state index in [4.69, 9.17) is 14.2 Å². The maximum atomic E-state index is 13.3. The minimum atomic E-state index is -0.534. The van der Waals surface area contributed by atoms with Crippen molar-refractivity contribution in [3.05, 3.63) is 35.7 Å². The smallest absolute Gasteiger partial charge is 0.410 e. The van der Waals surface area contributed by atoms with Gasteiger partial charge in [-0.2, -0.15) is 0 Å². The SMILES string of the molecule is COc1ccc(CN2C(=O)C(C)c3c(N4CCN(C(=O)OC(C)(C)C)CC4)ncnc32)c(OC)c1. The van der Waals surface area contributed by atoms with Crippen LogP contribution in [0.1, 0.15) is 44.7 Å². The summed E-state index contributed by atoms with van der Waals surface area (Å²) in [7, 11) is 3.19. The lowest BCUT2D eigenvalue weighted by Gasteiger charge is -2.36. The highest BCUT2D eigenvalue weighted by atomic mass is 16.6. The van der Waals surface area contributed by atoms with E-state index in [0.29, 0.717) is 50.0 Å². The summed E-state index contributed by atoms with van der Waals surface area (Å²) in [5.41, 5.74) is 1.14. The van der Waals surface area contributed by atoms with Crippen molar-refractivity contribution in [3.63, 3.8) is 0 Å². The highest BCUT2D eigenvalue weighted by Crippen LogP contribution is 2.42. The zero-order chi connectivity index (χ0) is 25.3. The number of carbonyl (C=O) groups excluding carboxylic acids is 2. The number of nitrogens with zero attached hydrogens (tertiary/aromatic N) is 5. The quantitative estimate of drug-likeness (QED) is 0.640. The zero-order valence-electron chi connectivity index (χ0n) is 21.2. The molecular formula is C25H33N5O5. The predicted molar refractivity (Wildman–Crippen MR) is 131 cm³/mol. The molecule has 2 amide bonds. The van der Waals surface area contributed by atoms with E-state index in [-0.39, 0.29) is 17.9 Å². The summed E-state index contributed by atoms with van der Waals surface area (Å²) in [6.45, 7) is 10.0. The number of hydrogen-bond donors (Lipinski definition) is 0. The van der Waals surface area contributed by atoms with Gasteiger partial charge in [-0.3, -0.25) is 9.69 Å². The van der Waals surface area contributed by atoms with Crippen molar-refractivity contribution in [1.29, 1.82) is 0 Å². The first kappa shape index (κ1) is 24.6. The van der Waals surface area contributed by atoms with Gasteiger partial charge in [-0.25, -0.2) is 14.8 Å². The van der Waals surface area contributed by atoms with E-state index in [1.54, 1.807) is 30.1 Å². The van der Waals surface area contributed by atoms with Crippen LogP contribution in [0, 0.1) is 0 Å². The Kier molecular flexibility index (Phi) is 6.73. The van der Waals surface area contributed by atoms with Crippen molar-refractivity contribution in [2.45, 2.75) is 45.8 Å². The van der Waals surface area contributed by atoms with Gasteiger partial charge in [-0.1, -0.05) is 0 Å². The molecule has 0 radical (unpaired) electrons. The van der Waals surface area contributed by atoms with Crippen LogP contribution in [0.2, 0.25) is 0 Å². The molecule has 1 aromatic carbocycles. The van der Waals surface area contributed by atoms with Gasteiger partial charge in [-0.15, -0.1) is 0 Å². The van der Waals surface area contributed by atoms with Crippen LogP contribution in [0.4, 0.5) is 16.4 Å². The van der Waals surface area contributed by atoms with Crippen molar-refractivity contribution in [1.82, 2.24) is 14.9 Å². The van der Waals surface area contributed by atoms with Crippen LogP contribution in [-0.2, 0) is 16.1 Å². The highest BCUT2D eigenvalue weighted by Gasteiger charge is 2.40. The van der Waals surface area contributed by atoms with Gasteiger partial charge in [0.15, 0.2) is 0 Å². The van der Waals surface area contributed by atoms with Crippen molar-refractivity contribution in [3.8, 4) is 11.5 Å². The van der Waals surface area contributed by atoms with E-state index in [1.807, 2.05) is 39.8 Å². The average molecular weight is 484 g/mol. The van der Waals surface area contributed by atoms with Gasteiger partial charge in [-0.05, 0) is 39.8 Å². The standard InChI is InChI=1S/C25H33N5O5/c1-16-20-21(28-9-11-29(12-10-28)24(32)35-25(2,3)4)26-15-27-22(20)30(23(16)31)14-17-7-8-18(33-5)13-19(17)34-6/h7-8,13,15-16H,9-12,14H2,1-6H3. The number of amides is 2. The minimum Gasteiger partial charge on any atom is -0.497 e. The molecule has 1 atom stereocenters. The molecule has 1 aromatic heterocycles. The van der Waals surface area contributed by atoms with Crippen molar-refractivity contribution >= 4 is 23.6 Å². The lowest BCUT2D eigenvalue weighted by atomic mass is 10.0. The van der Waals surface area contributed by atoms with Gasteiger partial charge in [0.2, 0.25) is 5.91 Å². The molecule has 2 aliphatic rings. The molecule has 4 rings (SSSR count). The van der Waals surface area contributed by atoms with Crippen LogP contribution < -0.4 is 19.3 Å². The van der Waals surface area contributed by atoms with E-state index in [1.165, 1.54) is 6.33 Å². The fourth-order valence-electron chi connectivity index (χ4n) is 4.43. The molecule has 2 aromatic rings. The molecule has 0 aliphatic carbocycles. The molecule has 1 unspecified atom stereocenters. The van der Waals surface area contributed by atoms with Gasteiger partial charge in [0, 0.05) is 43.4 Å². The Morgan fingerprint density at radius 3 is 2.37 bits per heavy atom. The van der Waals surface area contributed by atoms with Crippen LogP contribution in [0.3, 0.4) is 0 Å². The number of rotatable bonds is 5. The second-order valence-electron chi connectivity index (χ2n) is 9.71. The molecule has 0 bridgehead atoms. The summed E-state index contributed by atoms with van der Waals surface area (Å²) >= 11 is 0. The van der Waals surface area contributed by atoms with E-state index in [0.717, 1.165) is 16.9 Å². The topological polar surface area (TPSA) is 97.3 Å². The normalized spacial score (nSPS) is 17.9. The Balaban J connectivity index is 1.55. The molecule has 10 nitrogen and oxygen atoms in total. The first-order valence-corrected chi connectivity index (χ1v) is 11.7. The van der Waals surface area contributed by atoms with Gasteiger partial charge in [0.25, 0.3) is 0 Å². The number of carbonyl (C=O) groups is 2. The van der Waals surface area contributed by atoms with Crippen molar-refractivity contribution in [2.75, 3.05) is 50.2 Å². The Morgan fingerprint density at radius 1 is 1.06 bits per heavy atom. The molecular weight excluding hydrogens is 450 g/mol. The minimum absolute atomic E-state index is 0.0352. The summed E-state index contributed by atoms with van der Waals surface area (Å²) in [4.78, 5) is 40.3. The number of anilines is 2. The van der Waals surface area contributed by atoms with E-state index < -0.39 is 5.60 Å². The van der Waals surface area contributed by atoms with E-state index in [2.05, 4.69) is 14.9 Å². The second kappa shape index (κ2) is 9.59. The Labute approximate surface area is 205 Å². The Bertz CT molecular complexity index is 1110. The van der Waals surface area contributed by atoms with Crippen LogP contribution in [0.25, 0.3) is 0 Å². The number of ether oxygens (including phenoxy) is 3. The lowest BCUT2D eigenvalue weighted by Crippen LogP contribution is -2.50. The second-order valence-corrected chi connectivity index (χ2v) is 9.71. The largest absolute Gasteiger partial charge is 0.497 e. The van der Waals surface area contributed by atoms with Crippen LogP contribution >= 0.6 is 0 Å². The van der Waals surface area contributed by atoms with Crippen LogP contribution in [-0.4, -0.2) is 72.9 Å². The maximum Gasteiger partial charge on any atom is 0.410 e. The third-order valence-electron chi connectivity index (χ3n) is 6.22. The fraction of sp³-hybridized carbons (Fsp3) is 0.520. The fourth-order valence-corrected chi connectivity index (χ4v) is 4.43. The first-order chi connectivity index (χ1) is 16.6. The van der Waals surface area contributed by atoms with Crippen molar-refractivity contribution in [2.24, 2.45) is 0 Å². The average Bonchev–Trinajstić information content (AvgIpc) is 3.08. The van der Waals surface area contributed by atoms with Gasteiger partial charge in [0.1, 0.15) is 35.1 Å². The summed E-state index contributed by atoms with van der Waals surface area (Å²) in [5.74, 6) is 2.26. The van der Waals surface area contributed by atoms with Gasteiger partial charge in [0.05, 0.1) is 26.7 Å². The number of methoxy groups -OCH3 is 2. The zero-order valence-corrected chi connectivity index (χ0v) is 21.2. The molecule has 0 saturated carbocycles. The number of aromatic nitrogens is 2. The molecule has 188 valence electrons. The van der Waals surface area contributed by atoms with Gasteiger partial charge < -0.3 is 24.0 Å². The number of fused-ring (bicyclic) bond motifs is 1. The molecule has 1 fully saturated rings. The Hall–Kier alpha value is -3.56. The van der Waals surface area contributed by atoms with Crippen molar-refractivity contribution < 1.29 is 23.8 Å². The lowest BCUT2D eigenvalue weighted by molar-refractivity contribution is -0.119. The number of hydrogen-bond acceptors (Lipinski definition) is 8. The molecule has 1 saturated heterocycles. The predicted octanol–water partition coefficient (Wildman–Crippen LogP) is 3.20. The molecule has 2 aliphatic heterocycles. The van der Waals surface area contributed by atoms with E-state index >= 15 is 0 Å². The van der Waals surface area contributed by atoms with E-state index in [9.17, 15) is 9.59 Å². The summed E-state index contributed by atoms with van der Waals surface area (Å²) < 4.78 is 16.3. The molecule has 3 heterocycles. The van der Waals surface area contributed by atoms with Gasteiger partial charge >= 0.3 is 6.09 Å². The summed E-state index contributed by atoms with van der Waals surface area (Å²) in [6, 6.07) is 5.54. The molecule has 10 heteroatoms. The number of benzene rings is 1. The maximum absolute atomic E-state index is 13.3. The first-order valence-electron chi connectivity index (χ1n) is 11.7. The summed E-state index contributed by atoms with van der Waals surface area (Å²) in [6.07, 6.45) is 1.19. The highest BCUT2D eigenvalue weighted by molar-refractivity contribution is 6.05. The summed E-state index contributed by atoms with van der Waals surface area (Å²) in [5, 5.41) is 0. The monoisotopic (exact) mass is 483 g/mol.